The fourth-order valence-corrected chi connectivity index (χ4v) is 2.54. The molecule has 0 atom stereocenters. The van der Waals surface area contributed by atoms with Crippen LogP contribution in [0.3, 0.4) is 0 Å². The van der Waals surface area contributed by atoms with Crippen molar-refractivity contribution in [3.63, 3.8) is 0 Å². The lowest BCUT2D eigenvalue weighted by molar-refractivity contribution is -0.384. The zero-order valence-electron chi connectivity index (χ0n) is 10.9. The molecule has 1 fully saturated rings. The molecule has 1 aromatic carbocycles. The summed E-state index contributed by atoms with van der Waals surface area (Å²) in [7, 11) is 2.14. The number of piperidine rings is 1. The van der Waals surface area contributed by atoms with E-state index in [0.717, 1.165) is 25.3 Å². The van der Waals surface area contributed by atoms with Gasteiger partial charge in [-0.1, -0.05) is 11.6 Å². The Balaban J connectivity index is 1.89. The Labute approximate surface area is 117 Å². The molecular weight excluding hydrogens is 266 g/mol. The molecule has 0 saturated carbocycles. The number of hydrogen-bond donors (Lipinski definition) is 1. The van der Waals surface area contributed by atoms with E-state index in [0.29, 0.717) is 5.92 Å². The van der Waals surface area contributed by atoms with Gasteiger partial charge in [0.05, 0.1) is 4.92 Å². The van der Waals surface area contributed by atoms with Crippen LogP contribution < -0.4 is 5.32 Å². The van der Waals surface area contributed by atoms with Crippen LogP contribution in [-0.2, 0) is 0 Å². The highest BCUT2D eigenvalue weighted by Gasteiger charge is 2.17. The zero-order valence-corrected chi connectivity index (χ0v) is 11.7. The molecule has 5 nitrogen and oxygen atoms in total. The second-order valence-corrected chi connectivity index (χ2v) is 5.46. The molecule has 0 unspecified atom stereocenters. The average Bonchev–Trinajstić information content (AvgIpc) is 2.37. The van der Waals surface area contributed by atoms with E-state index in [1.165, 1.54) is 18.9 Å². The van der Waals surface area contributed by atoms with Gasteiger partial charge in [-0.2, -0.15) is 0 Å². The van der Waals surface area contributed by atoms with E-state index in [2.05, 4.69) is 17.3 Å². The van der Waals surface area contributed by atoms with Crippen LogP contribution in [0.4, 0.5) is 11.4 Å². The number of likely N-dealkylation sites (tertiary alicyclic amines) is 1. The Morgan fingerprint density at radius 3 is 2.74 bits per heavy atom. The number of benzene rings is 1. The minimum atomic E-state index is -0.469. The first-order valence-electron chi connectivity index (χ1n) is 6.42. The van der Waals surface area contributed by atoms with E-state index in [-0.39, 0.29) is 10.7 Å². The van der Waals surface area contributed by atoms with Gasteiger partial charge in [-0.15, -0.1) is 0 Å². The molecule has 1 N–H and O–H groups in total. The molecule has 1 aromatic rings. The van der Waals surface area contributed by atoms with Crippen molar-refractivity contribution in [2.24, 2.45) is 5.92 Å². The van der Waals surface area contributed by atoms with Crippen molar-refractivity contribution in [3.8, 4) is 0 Å². The minimum Gasteiger partial charge on any atom is -0.385 e. The van der Waals surface area contributed by atoms with Gasteiger partial charge >= 0.3 is 0 Å². The molecular formula is C13H18ClN3O2. The Morgan fingerprint density at radius 2 is 2.16 bits per heavy atom. The van der Waals surface area contributed by atoms with Gasteiger partial charge in [0.25, 0.3) is 5.69 Å². The number of nitrogens with zero attached hydrogens (tertiary/aromatic N) is 2. The quantitative estimate of drug-likeness (QED) is 0.682. The summed E-state index contributed by atoms with van der Waals surface area (Å²) in [6.45, 7) is 3.16. The summed E-state index contributed by atoms with van der Waals surface area (Å²) >= 11 is 5.88. The molecule has 6 heteroatoms. The minimum absolute atomic E-state index is 0.0495. The molecule has 1 aliphatic heterocycles. The monoisotopic (exact) mass is 283 g/mol. The SMILES string of the molecule is CN1CCC(CNc2ccc([N+](=O)[O-])c(Cl)c2)CC1. The predicted molar refractivity (Wildman–Crippen MR) is 76.8 cm³/mol. The lowest BCUT2D eigenvalue weighted by atomic mass is 9.97. The molecule has 1 saturated heterocycles. The molecule has 0 spiro atoms. The molecule has 0 aliphatic carbocycles. The van der Waals surface area contributed by atoms with E-state index in [4.69, 9.17) is 11.6 Å². The summed E-state index contributed by atoms with van der Waals surface area (Å²) < 4.78 is 0. The topological polar surface area (TPSA) is 58.4 Å². The van der Waals surface area contributed by atoms with E-state index in [1.807, 2.05) is 0 Å². The number of nitrogens with one attached hydrogen (secondary N) is 1. The maximum atomic E-state index is 10.7. The number of nitro benzene ring substituents is 1. The first-order chi connectivity index (χ1) is 9.06. The third-order valence-corrected chi connectivity index (χ3v) is 3.88. The second kappa shape index (κ2) is 6.21. The number of halogens is 1. The number of hydrogen-bond acceptors (Lipinski definition) is 4. The maximum absolute atomic E-state index is 10.7. The van der Waals surface area contributed by atoms with Crippen LogP contribution in [0.5, 0.6) is 0 Å². The second-order valence-electron chi connectivity index (χ2n) is 5.05. The largest absolute Gasteiger partial charge is 0.385 e. The summed E-state index contributed by atoms with van der Waals surface area (Å²) in [6, 6.07) is 4.77. The highest BCUT2D eigenvalue weighted by atomic mass is 35.5. The van der Waals surface area contributed by atoms with Crippen molar-refractivity contribution in [3.05, 3.63) is 33.3 Å². The first-order valence-corrected chi connectivity index (χ1v) is 6.80. The van der Waals surface area contributed by atoms with Crippen LogP contribution in [0.15, 0.2) is 18.2 Å². The number of nitro groups is 1. The molecule has 1 heterocycles. The van der Waals surface area contributed by atoms with Crippen LogP contribution in [0.1, 0.15) is 12.8 Å². The van der Waals surface area contributed by atoms with Gasteiger partial charge in [0, 0.05) is 18.3 Å². The third kappa shape index (κ3) is 3.81. The van der Waals surface area contributed by atoms with Crippen molar-refractivity contribution in [2.75, 3.05) is 32.0 Å². The highest BCUT2D eigenvalue weighted by Crippen LogP contribution is 2.27. The molecule has 0 aromatic heterocycles. The smallest absolute Gasteiger partial charge is 0.288 e. The zero-order chi connectivity index (χ0) is 13.8. The Morgan fingerprint density at radius 1 is 1.47 bits per heavy atom. The first kappa shape index (κ1) is 14.1. The fraction of sp³-hybridized carbons (Fsp3) is 0.538. The van der Waals surface area contributed by atoms with Crippen molar-refractivity contribution in [2.45, 2.75) is 12.8 Å². The normalized spacial score (nSPS) is 17.4. The summed E-state index contributed by atoms with van der Waals surface area (Å²) in [6.07, 6.45) is 2.37. The number of rotatable bonds is 4. The molecule has 2 rings (SSSR count). The van der Waals surface area contributed by atoms with Crippen LogP contribution in [0, 0.1) is 16.0 Å². The van der Waals surface area contributed by atoms with Crippen molar-refractivity contribution in [1.82, 2.24) is 4.90 Å². The number of anilines is 1. The van der Waals surface area contributed by atoms with Gasteiger partial charge in [-0.25, -0.2) is 0 Å². The lowest BCUT2D eigenvalue weighted by Crippen LogP contribution is -2.32. The van der Waals surface area contributed by atoms with Crippen molar-refractivity contribution < 1.29 is 4.92 Å². The Kier molecular flexibility index (Phi) is 4.61. The average molecular weight is 284 g/mol. The lowest BCUT2D eigenvalue weighted by Gasteiger charge is -2.29. The Hall–Kier alpha value is -1.33. The van der Waals surface area contributed by atoms with Crippen LogP contribution in [0.25, 0.3) is 0 Å². The summed E-state index contributed by atoms with van der Waals surface area (Å²) in [4.78, 5) is 12.5. The van der Waals surface area contributed by atoms with Gasteiger partial charge in [0.1, 0.15) is 5.02 Å². The molecule has 19 heavy (non-hydrogen) atoms. The van der Waals surface area contributed by atoms with Crippen molar-refractivity contribution >= 4 is 23.0 Å². The summed E-state index contributed by atoms with van der Waals surface area (Å²) in [5.74, 6) is 0.658. The third-order valence-electron chi connectivity index (χ3n) is 3.58. The maximum Gasteiger partial charge on any atom is 0.288 e. The van der Waals surface area contributed by atoms with E-state index in [1.54, 1.807) is 12.1 Å². The molecule has 0 amide bonds. The van der Waals surface area contributed by atoms with Gasteiger partial charge in [-0.05, 0) is 51.0 Å². The van der Waals surface area contributed by atoms with Gasteiger partial charge in [0.15, 0.2) is 0 Å². The predicted octanol–water partition coefficient (Wildman–Crippen LogP) is 3.00. The van der Waals surface area contributed by atoms with E-state index in [9.17, 15) is 10.1 Å². The fourth-order valence-electron chi connectivity index (χ4n) is 2.29. The van der Waals surface area contributed by atoms with E-state index < -0.39 is 4.92 Å². The van der Waals surface area contributed by atoms with Crippen LogP contribution >= 0.6 is 11.6 Å². The van der Waals surface area contributed by atoms with Gasteiger partial charge in [0.2, 0.25) is 0 Å². The summed E-state index contributed by atoms with van der Waals surface area (Å²) in [5.41, 5.74) is 0.793. The van der Waals surface area contributed by atoms with Gasteiger partial charge < -0.3 is 10.2 Å². The van der Waals surface area contributed by atoms with Crippen LogP contribution in [0.2, 0.25) is 5.02 Å². The van der Waals surface area contributed by atoms with Gasteiger partial charge in [-0.3, -0.25) is 10.1 Å². The summed E-state index contributed by atoms with van der Waals surface area (Å²) in [5, 5.41) is 14.2. The highest BCUT2D eigenvalue weighted by molar-refractivity contribution is 6.32. The van der Waals surface area contributed by atoms with E-state index >= 15 is 0 Å². The van der Waals surface area contributed by atoms with Crippen LogP contribution in [-0.4, -0.2) is 36.5 Å². The van der Waals surface area contributed by atoms with Crippen molar-refractivity contribution in [1.29, 1.82) is 0 Å². The molecule has 0 radical (unpaired) electrons. The molecule has 0 bridgehead atoms. The standard InChI is InChI=1S/C13H18ClN3O2/c1-16-6-4-10(5-7-16)9-15-11-2-3-13(17(18)19)12(14)8-11/h2-3,8,10,15H,4-7,9H2,1H3. The Bertz CT molecular complexity index is 459. The molecule has 1 aliphatic rings. The molecule has 104 valence electrons.